The number of rotatable bonds is 6. The predicted molar refractivity (Wildman–Crippen MR) is 83.9 cm³/mol. The van der Waals surface area contributed by atoms with Crippen LogP contribution in [-0.4, -0.2) is 15.7 Å². The highest BCUT2D eigenvalue weighted by Crippen LogP contribution is 2.17. The third-order valence-corrected chi connectivity index (χ3v) is 3.57. The van der Waals surface area contributed by atoms with E-state index in [0.717, 1.165) is 17.7 Å². The molecule has 1 amide bonds. The number of aromatic nitrogens is 2. The zero-order valence-electron chi connectivity index (χ0n) is 13.0. The van der Waals surface area contributed by atoms with Crippen molar-refractivity contribution in [3.05, 3.63) is 53.3 Å². The van der Waals surface area contributed by atoms with E-state index in [1.165, 1.54) is 5.56 Å². The molecule has 0 aliphatic heterocycles. The number of hydrogen-bond acceptors (Lipinski definition) is 2. The van der Waals surface area contributed by atoms with Crippen LogP contribution in [0.15, 0.2) is 36.5 Å². The fourth-order valence-electron chi connectivity index (χ4n) is 2.29. The summed E-state index contributed by atoms with van der Waals surface area (Å²) in [6, 6.07) is 10.4. The average Bonchev–Trinajstić information content (AvgIpc) is 2.89. The zero-order chi connectivity index (χ0) is 15.2. The van der Waals surface area contributed by atoms with Crippen molar-refractivity contribution < 1.29 is 4.79 Å². The molecule has 1 atom stereocenters. The van der Waals surface area contributed by atoms with Gasteiger partial charge in [-0.2, -0.15) is 5.10 Å². The number of hydrogen-bond donors (Lipinski definition) is 1. The minimum absolute atomic E-state index is 0.0654. The molecule has 0 aliphatic rings. The number of amides is 1. The minimum atomic E-state index is 0.0654. The van der Waals surface area contributed by atoms with Crippen molar-refractivity contribution in [2.45, 2.75) is 46.2 Å². The van der Waals surface area contributed by atoms with Gasteiger partial charge in [0.1, 0.15) is 0 Å². The summed E-state index contributed by atoms with van der Waals surface area (Å²) >= 11 is 0. The molecule has 0 spiro atoms. The Kier molecular flexibility index (Phi) is 5.14. The lowest BCUT2D eigenvalue weighted by Crippen LogP contribution is -2.28. The molecule has 1 heterocycles. The number of aryl methyl sites for hydroxylation is 3. The van der Waals surface area contributed by atoms with E-state index in [1.807, 2.05) is 23.9 Å². The number of carbonyl (C=O) groups excluding carboxylic acids is 1. The second-order valence-corrected chi connectivity index (χ2v) is 5.41. The van der Waals surface area contributed by atoms with Gasteiger partial charge in [0.15, 0.2) is 0 Å². The van der Waals surface area contributed by atoms with Crippen LogP contribution in [0.5, 0.6) is 0 Å². The van der Waals surface area contributed by atoms with Crippen molar-refractivity contribution in [2.24, 2.45) is 0 Å². The Labute approximate surface area is 126 Å². The molecule has 1 aromatic heterocycles. The van der Waals surface area contributed by atoms with Crippen LogP contribution < -0.4 is 5.32 Å². The summed E-state index contributed by atoms with van der Waals surface area (Å²) in [6.45, 7) is 6.71. The van der Waals surface area contributed by atoms with E-state index in [1.54, 1.807) is 0 Å². The Morgan fingerprint density at radius 3 is 2.52 bits per heavy atom. The molecule has 0 aliphatic carbocycles. The maximum Gasteiger partial charge on any atom is 0.222 e. The first-order valence-electron chi connectivity index (χ1n) is 7.44. The van der Waals surface area contributed by atoms with E-state index in [0.29, 0.717) is 13.0 Å². The normalized spacial score (nSPS) is 12.1. The van der Waals surface area contributed by atoms with Gasteiger partial charge in [-0.1, -0.05) is 36.8 Å². The van der Waals surface area contributed by atoms with E-state index >= 15 is 0 Å². The van der Waals surface area contributed by atoms with Gasteiger partial charge in [0, 0.05) is 19.2 Å². The van der Waals surface area contributed by atoms with Crippen LogP contribution in [0.2, 0.25) is 0 Å². The van der Waals surface area contributed by atoms with E-state index in [2.05, 4.69) is 48.5 Å². The first kappa shape index (κ1) is 15.3. The summed E-state index contributed by atoms with van der Waals surface area (Å²) in [6.07, 6.45) is 3.24. The van der Waals surface area contributed by atoms with Crippen molar-refractivity contribution >= 4 is 5.91 Å². The smallest absolute Gasteiger partial charge is 0.222 e. The highest BCUT2D eigenvalue weighted by Gasteiger charge is 2.12. The summed E-state index contributed by atoms with van der Waals surface area (Å²) in [5.41, 5.74) is 3.36. The van der Waals surface area contributed by atoms with Crippen molar-refractivity contribution in [3.8, 4) is 0 Å². The van der Waals surface area contributed by atoms with Crippen molar-refractivity contribution in [2.75, 3.05) is 0 Å². The fraction of sp³-hybridized carbons (Fsp3) is 0.412. The lowest BCUT2D eigenvalue weighted by Gasteiger charge is -2.17. The average molecular weight is 285 g/mol. The van der Waals surface area contributed by atoms with Gasteiger partial charge in [0.05, 0.1) is 11.7 Å². The van der Waals surface area contributed by atoms with Crippen LogP contribution in [0.25, 0.3) is 0 Å². The Balaban J connectivity index is 1.89. The van der Waals surface area contributed by atoms with E-state index in [9.17, 15) is 4.79 Å². The van der Waals surface area contributed by atoms with E-state index in [-0.39, 0.29) is 11.9 Å². The molecular formula is C17H23N3O. The molecule has 1 N–H and O–H groups in total. The van der Waals surface area contributed by atoms with Crippen LogP contribution in [0.3, 0.4) is 0 Å². The molecule has 4 nitrogen and oxygen atoms in total. The van der Waals surface area contributed by atoms with Crippen molar-refractivity contribution in [1.29, 1.82) is 0 Å². The van der Waals surface area contributed by atoms with Gasteiger partial charge < -0.3 is 5.32 Å². The summed E-state index contributed by atoms with van der Waals surface area (Å²) in [5.74, 6) is 0.0654. The fourth-order valence-corrected chi connectivity index (χ4v) is 2.29. The molecular weight excluding hydrogens is 262 g/mol. The largest absolute Gasteiger partial charge is 0.349 e. The first-order valence-corrected chi connectivity index (χ1v) is 7.44. The Morgan fingerprint density at radius 2 is 1.95 bits per heavy atom. The zero-order valence-corrected chi connectivity index (χ0v) is 13.0. The topological polar surface area (TPSA) is 46.9 Å². The molecule has 0 bridgehead atoms. The van der Waals surface area contributed by atoms with Crippen LogP contribution >= 0.6 is 0 Å². The maximum atomic E-state index is 12.1. The SMILES string of the molecule is CCC(NC(=O)CCn1ccc(C)n1)c1ccc(C)cc1. The lowest BCUT2D eigenvalue weighted by molar-refractivity contribution is -0.122. The molecule has 21 heavy (non-hydrogen) atoms. The molecule has 1 aromatic carbocycles. The summed E-state index contributed by atoms with van der Waals surface area (Å²) < 4.78 is 1.81. The molecule has 0 fully saturated rings. The Hall–Kier alpha value is -2.10. The van der Waals surface area contributed by atoms with Gasteiger partial charge >= 0.3 is 0 Å². The third kappa shape index (κ3) is 4.45. The molecule has 1 unspecified atom stereocenters. The van der Waals surface area contributed by atoms with E-state index < -0.39 is 0 Å². The van der Waals surface area contributed by atoms with Crippen LogP contribution in [0.1, 0.15) is 42.6 Å². The van der Waals surface area contributed by atoms with Gasteiger partial charge in [0.25, 0.3) is 0 Å². The molecule has 2 aromatic rings. The van der Waals surface area contributed by atoms with Gasteiger partial charge in [0.2, 0.25) is 5.91 Å². The van der Waals surface area contributed by atoms with Crippen molar-refractivity contribution in [3.63, 3.8) is 0 Å². The molecule has 4 heteroatoms. The quantitative estimate of drug-likeness (QED) is 0.886. The lowest BCUT2D eigenvalue weighted by atomic mass is 10.0. The van der Waals surface area contributed by atoms with Gasteiger partial charge in [-0.3, -0.25) is 9.48 Å². The summed E-state index contributed by atoms with van der Waals surface area (Å²) in [4.78, 5) is 12.1. The highest BCUT2D eigenvalue weighted by atomic mass is 16.1. The minimum Gasteiger partial charge on any atom is -0.349 e. The molecule has 0 saturated heterocycles. The third-order valence-electron chi connectivity index (χ3n) is 3.57. The maximum absolute atomic E-state index is 12.1. The molecule has 2 rings (SSSR count). The molecule has 0 radical (unpaired) electrons. The highest BCUT2D eigenvalue weighted by molar-refractivity contribution is 5.76. The first-order chi connectivity index (χ1) is 10.1. The number of nitrogens with one attached hydrogen (secondary N) is 1. The second kappa shape index (κ2) is 7.07. The van der Waals surface area contributed by atoms with Crippen LogP contribution in [0, 0.1) is 13.8 Å². The van der Waals surface area contributed by atoms with E-state index in [4.69, 9.17) is 0 Å². The number of benzene rings is 1. The second-order valence-electron chi connectivity index (χ2n) is 5.41. The Bertz CT molecular complexity index is 586. The van der Waals surface area contributed by atoms with Gasteiger partial charge in [-0.15, -0.1) is 0 Å². The number of nitrogens with zero attached hydrogens (tertiary/aromatic N) is 2. The Morgan fingerprint density at radius 1 is 1.24 bits per heavy atom. The van der Waals surface area contributed by atoms with Gasteiger partial charge in [-0.25, -0.2) is 0 Å². The summed E-state index contributed by atoms with van der Waals surface area (Å²) in [5, 5.41) is 7.39. The predicted octanol–water partition coefficient (Wildman–Crippen LogP) is 3.16. The number of carbonyl (C=O) groups is 1. The summed E-state index contributed by atoms with van der Waals surface area (Å²) in [7, 11) is 0. The molecule has 0 saturated carbocycles. The van der Waals surface area contributed by atoms with Gasteiger partial charge in [-0.05, 0) is 31.9 Å². The van der Waals surface area contributed by atoms with Crippen molar-refractivity contribution in [1.82, 2.24) is 15.1 Å². The van der Waals surface area contributed by atoms with Crippen LogP contribution in [0.4, 0.5) is 0 Å². The molecule has 112 valence electrons. The van der Waals surface area contributed by atoms with Crippen LogP contribution in [-0.2, 0) is 11.3 Å². The monoisotopic (exact) mass is 285 g/mol. The standard InChI is InChI=1S/C17H23N3O/c1-4-16(15-7-5-13(2)6-8-15)18-17(21)10-12-20-11-9-14(3)19-20/h5-9,11,16H,4,10,12H2,1-3H3,(H,18,21).